The van der Waals surface area contributed by atoms with Gasteiger partial charge < -0.3 is 19.6 Å². The van der Waals surface area contributed by atoms with Crippen LogP contribution >= 0.6 is 0 Å². The number of hydrogen-bond donors (Lipinski definition) is 1. The number of methoxy groups -OCH3 is 2. The van der Waals surface area contributed by atoms with Crippen LogP contribution in [0, 0.1) is 10.1 Å². The minimum absolute atomic E-state index is 0.0456. The number of hydrogen-bond acceptors (Lipinski definition) is 7. The third-order valence-corrected chi connectivity index (χ3v) is 4.50. The molecule has 0 spiro atoms. The number of benzene rings is 3. The number of nitrogens with one attached hydrogen (secondary N) is 1. The molecule has 31 heavy (non-hydrogen) atoms. The molecule has 0 aromatic heterocycles. The normalized spacial score (nSPS) is 10.6. The molecule has 0 saturated carbocycles. The van der Waals surface area contributed by atoms with Crippen LogP contribution in [0.1, 0.15) is 16.7 Å². The topological polar surface area (TPSA) is 95.2 Å². The van der Waals surface area contributed by atoms with Crippen LogP contribution in [0.15, 0.2) is 71.8 Å². The summed E-state index contributed by atoms with van der Waals surface area (Å²) in [5, 5.41) is 15.0. The highest BCUT2D eigenvalue weighted by atomic mass is 16.6. The summed E-state index contributed by atoms with van der Waals surface area (Å²) in [5.74, 6) is 1.94. The van der Waals surface area contributed by atoms with E-state index in [2.05, 4.69) is 10.5 Å². The van der Waals surface area contributed by atoms with Crippen LogP contribution in [0.3, 0.4) is 0 Å². The monoisotopic (exact) mass is 421 g/mol. The molecule has 0 unspecified atom stereocenters. The lowest BCUT2D eigenvalue weighted by Gasteiger charge is -2.11. The second kappa shape index (κ2) is 10.6. The van der Waals surface area contributed by atoms with Crippen molar-refractivity contribution in [3.05, 3.63) is 93.5 Å². The van der Waals surface area contributed by atoms with Gasteiger partial charge in [0.25, 0.3) is 5.69 Å². The lowest BCUT2D eigenvalue weighted by molar-refractivity contribution is -0.384. The number of nitrogens with zero attached hydrogens (tertiary/aromatic N) is 2. The van der Waals surface area contributed by atoms with E-state index < -0.39 is 4.92 Å². The molecule has 0 aliphatic heterocycles. The second-order valence-corrected chi connectivity index (χ2v) is 6.53. The molecule has 0 bridgehead atoms. The molecule has 0 amide bonds. The van der Waals surface area contributed by atoms with Gasteiger partial charge in [-0.3, -0.25) is 10.1 Å². The van der Waals surface area contributed by atoms with Crippen LogP contribution in [0.2, 0.25) is 0 Å². The van der Waals surface area contributed by atoms with Crippen LogP contribution in [-0.4, -0.2) is 25.4 Å². The molecule has 8 nitrogen and oxygen atoms in total. The predicted molar refractivity (Wildman–Crippen MR) is 118 cm³/mol. The van der Waals surface area contributed by atoms with Gasteiger partial charge in [0.15, 0.2) is 11.5 Å². The zero-order chi connectivity index (χ0) is 22.1. The fraction of sp³-hybridized carbons (Fsp3) is 0.174. The van der Waals surface area contributed by atoms with Crippen molar-refractivity contribution in [1.29, 1.82) is 0 Å². The average molecular weight is 421 g/mol. The van der Waals surface area contributed by atoms with Crippen molar-refractivity contribution >= 4 is 11.9 Å². The first-order valence-corrected chi connectivity index (χ1v) is 9.52. The van der Waals surface area contributed by atoms with E-state index in [9.17, 15) is 10.1 Å². The van der Waals surface area contributed by atoms with Crippen molar-refractivity contribution in [2.75, 3.05) is 14.2 Å². The third-order valence-electron chi connectivity index (χ3n) is 4.50. The first kappa shape index (κ1) is 21.6. The number of non-ortho nitro benzene ring substituents is 1. The molecular formula is C23H23N3O5. The molecule has 0 atom stereocenters. The Hall–Kier alpha value is -4.07. The van der Waals surface area contributed by atoms with Crippen LogP contribution < -0.4 is 19.6 Å². The van der Waals surface area contributed by atoms with E-state index >= 15 is 0 Å². The zero-order valence-corrected chi connectivity index (χ0v) is 17.3. The number of para-hydroxylation sites is 1. The lowest BCUT2D eigenvalue weighted by Crippen LogP contribution is -2.07. The van der Waals surface area contributed by atoms with Gasteiger partial charge in [-0.05, 0) is 47.5 Å². The van der Waals surface area contributed by atoms with Gasteiger partial charge in [0.2, 0.25) is 0 Å². The molecule has 3 aromatic carbocycles. The summed E-state index contributed by atoms with van der Waals surface area (Å²) in [4.78, 5) is 10.3. The molecule has 0 heterocycles. The summed E-state index contributed by atoms with van der Waals surface area (Å²) in [6.07, 6.45) is 1.69. The van der Waals surface area contributed by atoms with E-state index in [1.54, 1.807) is 38.6 Å². The van der Waals surface area contributed by atoms with Crippen molar-refractivity contribution in [3.8, 4) is 17.2 Å². The highest BCUT2D eigenvalue weighted by Gasteiger charge is 2.08. The van der Waals surface area contributed by atoms with E-state index in [0.29, 0.717) is 18.0 Å². The molecule has 3 rings (SSSR count). The standard InChI is InChI=1S/C23H23N3O5/c1-29-21-6-4-3-5-19(21)15-25-24-14-18-9-12-22(23(13-18)30-2)31-16-17-7-10-20(11-8-17)26(27)28/h3-14,25H,15-16H2,1-2H3/b24-14-. The molecule has 0 aliphatic carbocycles. The van der Waals surface area contributed by atoms with Crippen LogP contribution in [-0.2, 0) is 13.2 Å². The SMILES string of the molecule is COc1ccccc1CN/N=C\c1ccc(OCc2ccc([N+](=O)[O-])cc2)c(OC)c1. The molecule has 8 heteroatoms. The summed E-state index contributed by atoms with van der Waals surface area (Å²) in [6.45, 7) is 0.802. The number of nitro groups is 1. The predicted octanol–water partition coefficient (Wildman–Crippen LogP) is 4.31. The summed E-state index contributed by atoms with van der Waals surface area (Å²) >= 11 is 0. The van der Waals surface area contributed by atoms with Gasteiger partial charge in [-0.15, -0.1) is 0 Å². The fourth-order valence-electron chi connectivity index (χ4n) is 2.86. The summed E-state index contributed by atoms with van der Waals surface area (Å²) < 4.78 is 16.6. The molecule has 0 radical (unpaired) electrons. The Morgan fingerprint density at radius 3 is 2.42 bits per heavy atom. The zero-order valence-electron chi connectivity index (χ0n) is 17.3. The fourth-order valence-corrected chi connectivity index (χ4v) is 2.86. The van der Waals surface area contributed by atoms with Gasteiger partial charge >= 0.3 is 0 Å². The number of nitro benzene ring substituents is 1. The van der Waals surface area contributed by atoms with E-state index in [-0.39, 0.29) is 12.3 Å². The Kier molecular flexibility index (Phi) is 7.42. The van der Waals surface area contributed by atoms with Gasteiger partial charge in [-0.25, -0.2) is 0 Å². The van der Waals surface area contributed by atoms with Gasteiger partial charge in [0.05, 0.1) is 31.9 Å². The van der Waals surface area contributed by atoms with Crippen molar-refractivity contribution in [1.82, 2.24) is 5.43 Å². The van der Waals surface area contributed by atoms with E-state index in [1.165, 1.54) is 12.1 Å². The summed E-state index contributed by atoms with van der Waals surface area (Å²) in [5.41, 5.74) is 5.72. The lowest BCUT2D eigenvalue weighted by atomic mass is 10.2. The van der Waals surface area contributed by atoms with Crippen LogP contribution in [0.5, 0.6) is 17.2 Å². The smallest absolute Gasteiger partial charge is 0.269 e. The van der Waals surface area contributed by atoms with Crippen molar-refractivity contribution in [2.45, 2.75) is 13.2 Å². The minimum Gasteiger partial charge on any atom is -0.496 e. The number of ether oxygens (including phenoxy) is 3. The maximum absolute atomic E-state index is 10.7. The van der Waals surface area contributed by atoms with Gasteiger partial charge in [-0.2, -0.15) is 5.10 Å². The highest BCUT2D eigenvalue weighted by molar-refractivity contribution is 5.80. The third kappa shape index (κ3) is 5.96. The largest absolute Gasteiger partial charge is 0.496 e. The maximum atomic E-state index is 10.7. The Balaban J connectivity index is 1.58. The Bertz CT molecular complexity index is 1050. The number of hydrazone groups is 1. The molecule has 160 valence electrons. The molecule has 3 aromatic rings. The molecule has 0 fully saturated rings. The van der Waals surface area contributed by atoms with E-state index in [1.807, 2.05) is 36.4 Å². The van der Waals surface area contributed by atoms with Crippen molar-refractivity contribution in [3.63, 3.8) is 0 Å². The van der Waals surface area contributed by atoms with Crippen molar-refractivity contribution < 1.29 is 19.1 Å². The number of rotatable bonds is 10. The first-order chi connectivity index (χ1) is 15.1. The molecule has 0 aliphatic rings. The van der Waals surface area contributed by atoms with Gasteiger partial charge in [0.1, 0.15) is 12.4 Å². The summed E-state index contributed by atoms with van der Waals surface area (Å²) in [7, 11) is 3.20. The average Bonchev–Trinajstić information content (AvgIpc) is 2.81. The quantitative estimate of drug-likeness (QED) is 0.298. The van der Waals surface area contributed by atoms with Crippen molar-refractivity contribution in [2.24, 2.45) is 5.10 Å². The minimum atomic E-state index is -0.431. The Morgan fingerprint density at radius 2 is 1.71 bits per heavy atom. The van der Waals surface area contributed by atoms with Gasteiger partial charge in [0, 0.05) is 17.7 Å². The Morgan fingerprint density at radius 1 is 0.968 bits per heavy atom. The molecule has 0 saturated heterocycles. The summed E-state index contributed by atoms with van der Waals surface area (Å²) in [6, 6.07) is 19.5. The highest BCUT2D eigenvalue weighted by Crippen LogP contribution is 2.28. The van der Waals surface area contributed by atoms with E-state index in [0.717, 1.165) is 22.4 Å². The molecular weight excluding hydrogens is 398 g/mol. The Labute approximate surface area is 180 Å². The molecule has 1 N–H and O–H groups in total. The first-order valence-electron chi connectivity index (χ1n) is 9.52. The maximum Gasteiger partial charge on any atom is 0.269 e. The van der Waals surface area contributed by atoms with E-state index in [4.69, 9.17) is 14.2 Å². The van der Waals surface area contributed by atoms with Crippen LogP contribution in [0.4, 0.5) is 5.69 Å². The van der Waals surface area contributed by atoms with Crippen LogP contribution in [0.25, 0.3) is 0 Å². The second-order valence-electron chi connectivity index (χ2n) is 6.53. The van der Waals surface area contributed by atoms with Gasteiger partial charge in [-0.1, -0.05) is 18.2 Å².